The van der Waals surface area contributed by atoms with E-state index >= 15 is 0 Å². The Kier molecular flexibility index (Phi) is 6.22. The van der Waals surface area contributed by atoms with Crippen molar-refractivity contribution < 1.29 is 14.0 Å². The van der Waals surface area contributed by atoms with Crippen molar-refractivity contribution in [2.75, 3.05) is 25.0 Å². The number of hydrogen-bond donors (Lipinski definition) is 2. The smallest absolute Gasteiger partial charge is 0.321 e. The highest BCUT2D eigenvalue weighted by Gasteiger charge is 2.22. The van der Waals surface area contributed by atoms with Gasteiger partial charge in [0.2, 0.25) is 0 Å². The standard InChI is InChI=1S/C19H22FN3O2S/c20-15-3-5-16(6-4-15)22-19(25)23-11-8-14(9-12-23)7-10-21-18(24)17-2-1-13-26-17/h1-6,13-14H,7-12H2,(H,21,24)(H,22,25). The molecule has 26 heavy (non-hydrogen) atoms. The third kappa shape index (κ3) is 5.05. The maximum atomic E-state index is 12.9. The normalized spacial score (nSPS) is 14.9. The average Bonchev–Trinajstić information content (AvgIpc) is 3.19. The van der Waals surface area contributed by atoms with E-state index in [1.807, 2.05) is 17.5 Å². The fourth-order valence-electron chi connectivity index (χ4n) is 3.05. The zero-order chi connectivity index (χ0) is 18.4. The fourth-order valence-corrected chi connectivity index (χ4v) is 3.69. The van der Waals surface area contributed by atoms with Crippen molar-refractivity contribution in [3.05, 3.63) is 52.5 Å². The van der Waals surface area contributed by atoms with Gasteiger partial charge in [-0.1, -0.05) is 6.07 Å². The molecule has 2 aromatic rings. The Bertz CT molecular complexity index is 726. The molecule has 138 valence electrons. The minimum Gasteiger partial charge on any atom is -0.351 e. The predicted octanol–water partition coefficient (Wildman–Crippen LogP) is 3.95. The van der Waals surface area contributed by atoms with Gasteiger partial charge in [0.05, 0.1) is 4.88 Å². The Labute approximate surface area is 156 Å². The molecular formula is C19H22FN3O2S. The van der Waals surface area contributed by atoms with Gasteiger partial charge in [0.1, 0.15) is 5.82 Å². The first-order valence-corrected chi connectivity index (χ1v) is 9.63. The first-order chi connectivity index (χ1) is 12.6. The van der Waals surface area contributed by atoms with Crippen LogP contribution in [0.5, 0.6) is 0 Å². The maximum absolute atomic E-state index is 12.9. The van der Waals surface area contributed by atoms with Gasteiger partial charge in [0.25, 0.3) is 5.91 Å². The van der Waals surface area contributed by atoms with Crippen LogP contribution in [0.4, 0.5) is 14.9 Å². The summed E-state index contributed by atoms with van der Waals surface area (Å²) in [5.74, 6) is 0.166. The van der Waals surface area contributed by atoms with Crippen LogP contribution in [-0.2, 0) is 0 Å². The highest BCUT2D eigenvalue weighted by Crippen LogP contribution is 2.21. The van der Waals surface area contributed by atoms with E-state index in [4.69, 9.17) is 0 Å². The molecule has 1 aromatic heterocycles. The molecule has 0 radical (unpaired) electrons. The molecule has 1 aromatic carbocycles. The Hall–Kier alpha value is -2.41. The first-order valence-electron chi connectivity index (χ1n) is 8.75. The summed E-state index contributed by atoms with van der Waals surface area (Å²) in [6, 6.07) is 9.29. The Morgan fingerprint density at radius 3 is 2.54 bits per heavy atom. The summed E-state index contributed by atoms with van der Waals surface area (Å²) >= 11 is 1.44. The minimum atomic E-state index is -0.324. The van der Waals surface area contributed by atoms with Gasteiger partial charge >= 0.3 is 6.03 Å². The van der Waals surface area contributed by atoms with E-state index in [1.165, 1.54) is 23.5 Å². The first kappa shape index (κ1) is 18.4. The van der Waals surface area contributed by atoms with Crippen LogP contribution in [0.15, 0.2) is 41.8 Å². The van der Waals surface area contributed by atoms with Crippen molar-refractivity contribution in [1.82, 2.24) is 10.2 Å². The highest BCUT2D eigenvalue weighted by molar-refractivity contribution is 7.12. The fraction of sp³-hybridized carbons (Fsp3) is 0.368. The molecule has 0 atom stereocenters. The van der Waals surface area contributed by atoms with Crippen LogP contribution in [0.1, 0.15) is 28.9 Å². The van der Waals surface area contributed by atoms with E-state index in [9.17, 15) is 14.0 Å². The minimum absolute atomic E-state index is 0.0175. The number of carbonyl (C=O) groups is 2. The quantitative estimate of drug-likeness (QED) is 0.831. The van der Waals surface area contributed by atoms with Crippen LogP contribution < -0.4 is 10.6 Å². The molecule has 3 amide bonds. The second-order valence-electron chi connectivity index (χ2n) is 6.39. The van der Waals surface area contributed by atoms with Crippen LogP contribution in [0.25, 0.3) is 0 Å². The van der Waals surface area contributed by atoms with E-state index in [1.54, 1.807) is 17.0 Å². The van der Waals surface area contributed by atoms with Gasteiger partial charge in [-0.25, -0.2) is 9.18 Å². The van der Waals surface area contributed by atoms with Crippen LogP contribution in [0.3, 0.4) is 0 Å². The molecule has 3 rings (SSSR count). The zero-order valence-electron chi connectivity index (χ0n) is 14.4. The highest BCUT2D eigenvalue weighted by atomic mass is 32.1. The van der Waals surface area contributed by atoms with Gasteiger partial charge in [-0.2, -0.15) is 0 Å². The number of nitrogens with zero attached hydrogens (tertiary/aromatic N) is 1. The van der Waals surface area contributed by atoms with E-state index in [-0.39, 0.29) is 17.8 Å². The number of piperidine rings is 1. The van der Waals surface area contributed by atoms with Crippen LogP contribution in [0, 0.1) is 11.7 Å². The zero-order valence-corrected chi connectivity index (χ0v) is 15.2. The number of hydrogen-bond acceptors (Lipinski definition) is 3. The molecule has 7 heteroatoms. The lowest BCUT2D eigenvalue weighted by molar-refractivity contribution is 0.0953. The molecule has 1 saturated heterocycles. The van der Waals surface area contributed by atoms with Gasteiger partial charge in [0, 0.05) is 25.3 Å². The van der Waals surface area contributed by atoms with Crippen molar-refractivity contribution in [1.29, 1.82) is 0 Å². The van der Waals surface area contributed by atoms with E-state index in [0.717, 1.165) is 24.1 Å². The summed E-state index contributed by atoms with van der Waals surface area (Å²) in [5, 5.41) is 7.63. The maximum Gasteiger partial charge on any atom is 0.321 e. The summed E-state index contributed by atoms with van der Waals surface area (Å²) in [6.07, 6.45) is 2.77. The van der Waals surface area contributed by atoms with Crippen molar-refractivity contribution >= 4 is 29.0 Å². The molecule has 0 unspecified atom stereocenters. The molecule has 0 spiro atoms. The van der Waals surface area contributed by atoms with Crippen molar-refractivity contribution in [3.63, 3.8) is 0 Å². The number of thiophene rings is 1. The molecule has 0 saturated carbocycles. The monoisotopic (exact) mass is 375 g/mol. The van der Waals surface area contributed by atoms with Gasteiger partial charge in [-0.15, -0.1) is 11.3 Å². The van der Waals surface area contributed by atoms with Gasteiger partial charge < -0.3 is 15.5 Å². The number of nitrogens with one attached hydrogen (secondary N) is 2. The lowest BCUT2D eigenvalue weighted by Gasteiger charge is -2.32. The van der Waals surface area contributed by atoms with Gasteiger partial charge in [0.15, 0.2) is 0 Å². The van der Waals surface area contributed by atoms with Crippen LogP contribution in [0.2, 0.25) is 0 Å². The number of anilines is 1. The molecule has 5 nitrogen and oxygen atoms in total. The number of benzene rings is 1. The van der Waals surface area contributed by atoms with E-state index in [2.05, 4.69) is 10.6 Å². The summed E-state index contributed by atoms with van der Waals surface area (Å²) in [4.78, 5) is 26.7. The Balaban J connectivity index is 1.36. The number of carbonyl (C=O) groups excluding carboxylic acids is 2. The molecule has 0 aliphatic carbocycles. The number of halogens is 1. The van der Waals surface area contributed by atoms with E-state index in [0.29, 0.717) is 31.2 Å². The van der Waals surface area contributed by atoms with Crippen LogP contribution in [-0.4, -0.2) is 36.5 Å². The van der Waals surface area contributed by atoms with Gasteiger partial charge in [-0.3, -0.25) is 4.79 Å². The SMILES string of the molecule is O=C(NCCC1CCN(C(=O)Nc2ccc(F)cc2)CC1)c1cccs1. The lowest BCUT2D eigenvalue weighted by atomic mass is 9.94. The number of likely N-dealkylation sites (tertiary alicyclic amines) is 1. The Morgan fingerprint density at radius 2 is 1.88 bits per heavy atom. The molecular weight excluding hydrogens is 353 g/mol. The molecule has 1 aliphatic heterocycles. The molecule has 2 heterocycles. The Morgan fingerprint density at radius 1 is 1.15 bits per heavy atom. The second kappa shape index (κ2) is 8.80. The third-order valence-corrected chi connectivity index (χ3v) is 5.45. The molecule has 2 N–H and O–H groups in total. The van der Waals surface area contributed by atoms with Crippen LogP contribution >= 0.6 is 11.3 Å². The largest absolute Gasteiger partial charge is 0.351 e. The average molecular weight is 375 g/mol. The predicted molar refractivity (Wildman–Crippen MR) is 101 cm³/mol. The molecule has 1 aliphatic rings. The summed E-state index contributed by atoms with van der Waals surface area (Å²) in [5.41, 5.74) is 0.592. The summed E-state index contributed by atoms with van der Waals surface area (Å²) in [7, 11) is 0. The van der Waals surface area contributed by atoms with Gasteiger partial charge in [-0.05, 0) is 60.9 Å². The van der Waals surface area contributed by atoms with Crippen molar-refractivity contribution in [2.24, 2.45) is 5.92 Å². The van der Waals surface area contributed by atoms with Crippen molar-refractivity contribution in [2.45, 2.75) is 19.3 Å². The number of rotatable bonds is 5. The molecule has 1 fully saturated rings. The molecule has 0 bridgehead atoms. The third-order valence-electron chi connectivity index (χ3n) is 4.58. The van der Waals surface area contributed by atoms with E-state index < -0.39 is 0 Å². The number of urea groups is 1. The summed E-state index contributed by atoms with van der Waals surface area (Å²) < 4.78 is 12.9. The topological polar surface area (TPSA) is 61.4 Å². The lowest BCUT2D eigenvalue weighted by Crippen LogP contribution is -2.41. The summed E-state index contributed by atoms with van der Waals surface area (Å²) in [6.45, 7) is 2.04. The van der Waals surface area contributed by atoms with Crippen molar-refractivity contribution in [3.8, 4) is 0 Å². The second-order valence-corrected chi connectivity index (χ2v) is 7.34. The number of amides is 3.